The Morgan fingerprint density at radius 3 is 2.31 bits per heavy atom. The molecule has 0 saturated carbocycles. The molecule has 196 valence electrons. The predicted octanol–water partition coefficient (Wildman–Crippen LogP) is 7.79. The lowest BCUT2D eigenvalue weighted by molar-refractivity contribution is 0.0932. The van der Waals surface area contributed by atoms with Crippen molar-refractivity contribution in [2.75, 3.05) is 17.5 Å². The number of aryl methyl sites for hydroxylation is 1. The van der Waals surface area contributed by atoms with E-state index in [4.69, 9.17) is 20.8 Å². The zero-order valence-electron chi connectivity index (χ0n) is 21.3. The molecule has 0 radical (unpaired) electrons. The van der Waals surface area contributed by atoms with Gasteiger partial charge in [-0.25, -0.2) is 8.42 Å². The molecule has 4 aromatic carbocycles. The maximum Gasteiger partial charge on any atom is 0.264 e. The summed E-state index contributed by atoms with van der Waals surface area (Å²) in [6.07, 6.45) is 1.17. The number of nitrogens with zero attached hydrogens (tertiary/aromatic N) is 1. The summed E-state index contributed by atoms with van der Waals surface area (Å²) in [5.41, 5.74) is 4.51. The maximum absolute atomic E-state index is 14.3. The Hall–Kier alpha value is -3.84. The molecule has 0 amide bonds. The van der Waals surface area contributed by atoms with Crippen molar-refractivity contribution >= 4 is 43.9 Å². The zero-order chi connectivity index (χ0) is 27.0. The highest BCUT2D eigenvalue weighted by atomic mass is 35.5. The molecule has 1 aliphatic rings. The average molecular weight is 556 g/mol. The van der Waals surface area contributed by atoms with E-state index >= 15 is 0 Å². The lowest BCUT2D eigenvalue weighted by Crippen LogP contribution is -2.32. The summed E-state index contributed by atoms with van der Waals surface area (Å²) in [7, 11) is -3.99. The van der Waals surface area contributed by atoms with Gasteiger partial charge in [-0.15, -0.1) is 0 Å². The average Bonchev–Trinajstić information content (AvgIpc) is 3.35. The quantitative estimate of drug-likeness (QED) is 0.227. The second kappa shape index (κ2) is 10.4. The molecule has 39 heavy (non-hydrogen) atoms. The third-order valence-corrected chi connectivity index (χ3v) is 9.06. The molecule has 5 aromatic rings. The van der Waals surface area contributed by atoms with Crippen LogP contribution in [0.3, 0.4) is 0 Å². The first kappa shape index (κ1) is 25.4. The first-order valence-corrected chi connectivity index (χ1v) is 14.5. The second-order valence-corrected chi connectivity index (χ2v) is 11.7. The van der Waals surface area contributed by atoms with Crippen molar-refractivity contribution < 1.29 is 17.6 Å². The van der Waals surface area contributed by atoms with Crippen LogP contribution in [-0.2, 0) is 14.8 Å². The van der Waals surface area contributed by atoms with Crippen LogP contribution < -0.4 is 4.31 Å². The Balaban J connectivity index is 1.63. The van der Waals surface area contributed by atoms with Crippen molar-refractivity contribution in [1.29, 1.82) is 0 Å². The molecule has 5 nitrogen and oxygen atoms in total. The molecule has 0 aliphatic carbocycles. The van der Waals surface area contributed by atoms with Crippen molar-refractivity contribution in [1.82, 2.24) is 0 Å². The number of para-hydroxylation sites is 1. The summed E-state index contributed by atoms with van der Waals surface area (Å²) in [6, 6.07) is 31.6. The van der Waals surface area contributed by atoms with Crippen molar-refractivity contribution in [2.45, 2.75) is 17.9 Å². The van der Waals surface area contributed by atoms with Gasteiger partial charge in [-0.3, -0.25) is 4.31 Å². The summed E-state index contributed by atoms with van der Waals surface area (Å²) in [5.74, 6) is 0.391. The van der Waals surface area contributed by atoms with Gasteiger partial charge in [0.2, 0.25) is 0 Å². The number of benzene rings is 4. The normalized spacial score (nSPS) is 17.5. The third-order valence-electron chi connectivity index (χ3n) is 6.93. The molecule has 1 atom stereocenters. The molecule has 6 rings (SSSR count). The van der Waals surface area contributed by atoms with Gasteiger partial charge in [-0.1, -0.05) is 96.0 Å². The van der Waals surface area contributed by atoms with Gasteiger partial charge in [0, 0.05) is 16.0 Å². The van der Waals surface area contributed by atoms with Crippen LogP contribution in [-0.4, -0.2) is 21.6 Å². The SMILES string of the molecule is Cc1ccc(S(=O)(=O)N2C/C=C(/c3ccccc3)CO[C@H](c3ccccc3Cl)c3oc4ccccc4c32)cc1. The van der Waals surface area contributed by atoms with Crippen LogP contribution in [0.25, 0.3) is 16.5 Å². The second-order valence-electron chi connectivity index (χ2n) is 9.47. The molecule has 0 bridgehead atoms. The Bertz CT molecular complexity index is 1780. The van der Waals surface area contributed by atoms with Crippen molar-refractivity contribution in [2.24, 2.45) is 0 Å². The highest BCUT2D eigenvalue weighted by Gasteiger charge is 2.36. The number of halogens is 1. The van der Waals surface area contributed by atoms with E-state index in [1.807, 2.05) is 85.8 Å². The fourth-order valence-electron chi connectivity index (χ4n) is 4.91. The van der Waals surface area contributed by atoms with E-state index in [9.17, 15) is 8.42 Å². The number of fused-ring (bicyclic) bond motifs is 3. The molecule has 1 aliphatic heterocycles. The highest BCUT2D eigenvalue weighted by Crippen LogP contribution is 2.45. The number of hydrogen-bond donors (Lipinski definition) is 0. The molecule has 0 spiro atoms. The summed E-state index contributed by atoms with van der Waals surface area (Å²) in [6.45, 7) is 2.25. The molecular weight excluding hydrogens is 530 g/mol. The van der Waals surface area contributed by atoms with Crippen LogP contribution in [0.15, 0.2) is 119 Å². The molecule has 0 fully saturated rings. The smallest absolute Gasteiger partial charge is 0.264 e. The third kappa shape index (κ3) is 4.76. The van der Waals surface area contributed by atoms with Gasteiger partial charge in [-0.05, 0) is 48.4 Å². The summed E-state index contributed by atoms with van der Waals surface area (Å²) in [5, 5.41) is 1.19. The summed E-state index contributed by atoms with van der Waals surface area (Å²) >= 11 is 6.68. The number of furan rings is 1. The van der Waals surface area contributed by atoms with Gasteiger partial charge < -0.3 is 9.15 Å². The molecule has 0 N–H and O–H groups in total. The minimum Gasteiger partial charge on any atom is -0.456 e. The van der Waals surface area contributed by atoms with E-state index in [0.29, 0.717) is 33.0 Å². The number of rotatable bonds is 4. The molecule has 1 aromatic heterocycles. The molecule has 0 saturated heterocycles. The van der Waals surface area contributed by atoms with E-state index in [1.54, 1.807) is 30.3 Å². The van der Waals surface area contributed by atoms with E-state index < -0.39 is 16.1 Å². The fourth-order valence-corrected chi connectivity index (χ4v) is 6.57. The van der Waals surface area contributed by atoms with Crippen LogP contribution in [0, 0.1) is 6.92 Å². The van der Waals surface area contributed by atoms with Gasteiger partial charge >= 0.3 is 0 Å². The lowest BCUT2D eigenvalue weighted by Gasteiger charge is -2.25. The first-order chi connectivity index (χ1) is 18.9. The zero-order valence-corrected chi connectivity index (χ0v) is 22.8. The minimum atomic E-state index is -3.99. The van der Waals surface area contributed by atoms with Crippen LogP contribution in [0.1, 0.15) is 28.6 Å². The summed E-state index contributed by atoms with van der Waals surface area (Å²) < 4.78 is 43.1. The number of ether oxygens (including phenoxy) is 1. The van der Waals surface area contributed by atoms with Gasteiger partial charge in [0.1, 0.15) is 17.4 Å². The number of sulfonamides is 1. The van der Waals surface area contributed by atoms with Gasteiger partial charge in [0.25, 0.3) is 10.0 Å². The maximum atomic E-state index is 14.3. The Kier molecular flexibility index (Phi) is 6.77. The molecule has 2 heterocycles. The van der Waals surface area contributed by atoms with Crippen molar-refractivity contribution in [3.8, 4) is 0 Å². The number of hydrogen-bond acceptors (Lipinski definition) is 4. The number of anilines is 1. The standard InChI is InChI=1S/C32H26ClNO4S/c1-22-15-17-25(18-16-22)39(35,36)34-20-19-24(23-9-3-2-4-10-23)21-37-31(26-11-5-7-13-28(26)33)32-30(34)27-12-6-8-14-29(27)38-32/h2-19,31H,20-21H2,1H3/b24-19+/t31-/m1/s1. The van der Waals surface area contributed by atoms with E-state index in [0.717, 1.165) is 16.7 Å². The Labute approximate surface area is 233 Å². The predicted molar refractivity (Wildman–Crippen MR) is 156 cm³/mol. The van der Waals surface area contributed by atoms with Crippen LogP contribution >= 0.6 is 11.6 Å². The van der Waals surface area contributed by atoms with Gasteiger partial charge in [0.05, 0.1) is 18.0 Å². The molecule has 0 unspecified atom stereocenters. The Morgan fingerprint density at radius 2 is 1.54 bits per heavy atom. The fraction of sp³-hybridized carbons (Fsp3) is 0.125. The van der Waals surface area contributed by atoms with Gasteiger partial charge in [-0.2, -0.15) is 0 Å². The van der Waals surface area contributed by atoms with Crippen LogP contribution in [0.5, 0.6) is 0 Å². The minimum absolute atomic E-state index is 0.0928. The Morgan fingerprint density at radius 1 is 0.846 bits per heavy atom. The molecule has 7 heteroatoms. The van der Waals surface area contributed by atoms with Crippen molar-refractivity contribution in [3.05, 3.63) is 137 Å². The highest BCUT2D eigenvalue weighted by molar-refractivity contribution is 7.92. The van der Waals surface area contributed by atoms with Crippen molar-refractivity contribution in [3.63, 3.8) is 0 Å². The van der Waals surface area contributed by atoms with E-state index in [2.05, 4.69) is 0 Å². The topological polar surface area (TPSA) is 59.8 Å². The summed E-state index contributed by atoms with van der Waals surface area (Å²) in [4.78, 5) is 0.202. The van der Waals surface area contributed by atoms with Gasteiger partial charge in [0.15, 0.2) is 5.76 Å². The van der Waals surface area contributed by atoms with E-state index in [-0.39, 0.29) is 18.0 Å². The largest absolute Gasteiger partial charge is 0.456 e. The monoisotopic (exact) mass is 555 g/mol. The molecular formula is C32H26ClNO4S. The van der Waals surface area contributed by atoms with Crippen LogP contribution in [0.4, 0.5) is 5.69 Å². The lowest BCUT2D eigenvalue weighted by atomic mass is 10.0. The first-order valence-electron chi connectivity index (χ1n) is 12.6. The van der Waals surface area contributed by atoms with E-state index in [1.165, 1.54) is 4.31 Å². The van der Waals surface area contributed by atoms with Crippen LogP contribution in [0.2, 0.25) is 5.02 Å².